The Morgan fingerprint density at radius 3 is 2.75 bits per heavy atom. The van der Waals surface area contributed by atoms with E-state index >= 15 is 0 Å². The lowest BCUT2D eigenvalue weighted by molar-refractivity contribution is 0.509. The predicted molar refractivity (Wildman–Crippen MR) is 92.0 cm³/mol. The van der Waals surface area contributed by atoms with Crippen molar-refractivity contribution < 1.29 is 12.8 Å². The van der Waals surface area contributed by atoms with E-state index in [1.165, 1.54) is 0 Å². The average molecular weight is 366 g/mol. The first-order valence-electron chi connectivity index (χ1n) is 7.67. The molecule has 1 unspecified atom stereocenters. The molecule has 6 nitrogen and oxygen atoms in total. The topological polar surface area (TPSA) is 78.0 Å². The molecule has 0 amide bonds. The monoisotopic (exact) mass is 365 g/mol. The van der Waals surface area contributed by atoms with Gasteiger partial charge in [-0.15, -0.1) is 0 Å². The molecule has 0 aromatic carbocycles. The first-order valence-corrected chi connectivity index (χ1v) is 9.86. The zero-order chi connectivity index (χ0) is 17.1. The summed E-state index contributed by atoms with van der Waals surface area (Å²) in [5, 5.41) is 5.83. The van der Waals surface area contributed by atoms with Gasteiger partial charge in [0.25, 0.3) is 0 Å². The van der Waals surface area contributed by atoms with E-state index in [-0.39, 0.29) is 17.5 Å². The number of pyridine rings is 1. The molecule has 4 heterocycles. The van der Waals surface area contributed by atoms with Crippen LogP contribution < -0.4 is 0 Å². The number of hydrogen-bond donors (Lipinski definition) is 0. The summed E-state index contributed by atoms with van der Waals surface area (Å²) in [6.45, 7) is 3.91. The lowest BCUT2D eigenvalue weighted by Gasteiger charge is -2.10. The zero-order valence-corrected chi connectivity index (χ0v) is 14.9. The van der Waals surface area contributed by atoms with E-state index in [9.17, 15) is 8.42 Å². The summed E-state index contributed by atoms with van der Waals surface area (Å²) in [5.41, 5.74) is 3.22. The fraction of sp³-hybridized carbons (Fsp3) is 0.375. The standard InChI is InChI=1S/C16H16ClN3O3S/c1-9-7-12(13-3-4-14(17)23-13)18-16-15(9)10(2)19-20(16)11-5-6-24(21,22)8-11/h3-4,7,11H,5-6,8H2,1-2H3. The van der Waals surface area contributed by atoms with Crippen LogP contribution in [0.3, 0.4) is 0 Å². The maximum atomic E-state index is 11.8. The van der Waals surface area contributed by atoms with Crippen molar-refractivity contribution in [2.75, 3.05) is 11.5 Å². The number of nitrogens with zero attached hydrogens (tertiary/aromatic N) is 3. The summed E-state index contributed by atoms with van der Waals surface area (Å²) in [7, 11) is -3.00. The highest BCUT2D eigenvalue weighted by Crippen LogP contribution is 2.32. The minimum Gasteiger partial charge on any atom is -0.443 e. The van der Waals surface area contributed by atoms with Crippen LogP contribution in [0, 0.1) is 13.8 Å². The molecule has 126 valence electrons. The van der Waals surface area contributed by atoms with E-state index < -0.39 is 9.84 Å². The molecule has 8 heteroatoms. The molecule has 0 aliphatic carbocycles. The maximum absolute atomic E-state index is 11.8. The zero-order valence-electron chi connectivity index (χ0n) is 13.3. The van der Waals surface area contributed by atoms with Gasteiger partial charge in [0, 0.05) is 5.39 Å². The molecule has 1 aliphatic rings. The Bertz CT molecular complexity index is 1050. The Morgan fingerprint density at radius 2 is 2.12 bits per heavy atom. The fourth-order valence-corrected chi connectivity index (χ4v) is 5.17. The van der Waals surface area contributed by atoms with Crippen LogP contribution in [0.4, 0.5) is 0 Å². The second-order valence-corrected chi connectivity index (χ2v) is 8.81. The SMILES string of the molecule is Cc1cc(-c2ccc(Cl)o2)nc2c1c(C)nn2C1CCS(=O)(=O)C1. The van der Waals surface area contributed by atoms with Gasteiger partial charge in [0.1, 0.15) is 5.69 Å². The second-order valence-electron chi connectivity index (χ2n) is 6.21. The second kappa shape index (κ2) is 5.32. The molecule has 24 heavy (non-hydrogen) atoms. The van der Waals surface area contributed by atoms with Crippen molar-refractivity contribution in [2.24, 2.45) is 0 Å². The van der Waals surface area contributed by atoms with Crippen molar-refractivity contribution in [3.63, 3.8) is 0 Å². The van der Waals surface area contributed by atoms with Crippen molar-refractivity contribution >= 4 is 32.5 Å². The molecule has 1 aliphatic heterocycles. The number of furan rings is 1. The van der Waals surface area contributed by atoms with Crippen LogP contribution in [0.1, 0.15) is 23.7 Å². The summed E-state index contributed by atoms with van der Waals surface area (Å²) in [6.07, 6.45) is 0.566. The van der Waals surface area contributed by atoms with E-state index in [4.69, 9.17) is 16.0 Å². The maximum Gasteiger partial charge on any atom is 0.194 e. The molecule has 1 fully saturated rings. The summed E-state index contributed by atoms with van der Waals surface area (Å²) in [5.74, 6) is 0.889. The number of fused-ring (bicyclic) bond motifs is 1. The van der Waals surface area contributed by atoms with Gasteiger partial charge in [0.2, 0.25) is 0 Å². The number of halogens is 1. The van der Waals surface area contributed by atoms with E-state index in [0.717, 1.165) is 16.6 Å². The molecule has 1 saturated heterocycles. The number of rotatable bonds is 2. The van der Waals surface area contributed by atoms with Crippen molar-refractivity contribution in [3.05, 3.63) is 34.7 Å². The van der Waals surface area contributed by atoms with E-state index in [2.05, 4.69) is 10.1 Å². The van der Waals surface area contributed by atoms with Crippen molar-refractivity contribution in [1.29, 1.82) is 0 Å². The number of aromatic nitrogens is 3. The average Bonchev–Trinajstić information content (AvgIpc) is 3.17. The van der Waals surface area contributed by atoms with Crippen molar-refractivity contribution in [2.45, 2.75) is 26.3 Å². The fourth-order valence-electron chi connectivity index (χ4n) is 3.33. The summed E-state index contributed by atoms with van der Waals surface area (Å²) in [6, 6.07) is 5.20. The molecule has 0 spiro atoms. The third-order valence-corrected chi connectivity index (χ3v) is 6.37. The van der Waals surface area contributed by atoms with Gasteiger partial charge in [0.05, 0.1) is 23.2 Å². The van der Waals surface area contributed by atoms with Crippen molar-refractivity contribution in [3.8, 4) is 11.5 Å². The highest BCUT2D eigenvalue weighted by atomic mass is 35.5. The lowest BCUT2D eigenvalue weighted by atomic mass is 10.1. The third kappa shape index (κ3) is 2.52. The first-order chi connectivity index (χ1) is 11.3. The minimum atomic E-state index is -3.00. The molecule has 3 aromatic rings. The van der Waals surface area contributed by atoms with Crippen LogP contribution in [0.2, 0.25) is 5.22 Å². The molecule has 3 aromatic heterocycles. The number of sulfone groups is 1. The largest absolute Gasteiger partial charge is 0.443 e. The van der Waals surface area contributed by atoms with Crippen LogP contribution >= 0.6 is 11.6 Å². The quantitative estimate of drug-likeness (QED) is 0.696. The molecule has 1 atom stereocenters. The van der Waals surface area contributed by atoms with Crippen LogP contribution in [-0.2, 0) is 9.84 Å². The molecule has 4 rings (SSSR count). The van der Waals surface area contributed by atoms with E-state index in [1.807, 2.05) is 19.9 Å². The van der Waals surface area contributed by atoms with Crippen LogP contribution in [-0.4, -0.2) is 34.7 Å². The number of aryl methyl sites for hydroxylation is 2. The van der Waals surface area contributed by atoms with Gasteiger partial charge in [-0.2, -0.15) is 5.10 Å². The third-order valence-electron chi connectivity index (χ3n) is 4.41. The minimum absolute atomic E-state index is 0.112. The van der Waals surface area contributed by atoms with Crippen LogP contribution in [0.15, 0.2) is 22.6 Å². The Labute approximate surface area is 144 Å². The molecular formula is C16H16ClN3O3S. The smallest absolute Gasteiger partial charge is 0.194 e. The van der Waals surface area contributed by atoms with Gasteiger partial charge in [-0.05, 0) is 55.6 Å². The van der Waals surface area contributed by atoms with Crippen LogP contribution in [0.5, 0.6) is 0 Å². The Kier molecular flexibility index (Phi) is 3.47. The predicted octanol–water partition coefficient (Wildman–Crippen LogP) is 3.32. The molecular weight excluding hydrogens is 350 g/mol. The Morgan fingerprint density at radius 1 is 1.33 bits per heavy atom. The van der Waals surface area contributed by atoms with Gasteiger partial charge in [-0.1, -0.05) is 0 Å². The summed E-state index contributed by atoms with van der Waals surface area (Å²) in [4.78, 5) is 4.69. The van der Waals surface area contributed by atoms with E-state index in [0.29, 0.717) is 28.7 Å². The van der Waals surface area contributed by atoms with Gasteiger partial charge in [0.15, 0.2) is 26.5 Å². The molecule has 0 saturated carbocycles. The lowest BCUT2D eigenvalue weighted by Crippen LogP contribution is -2.13. The summed E-state index contributed by atoms with van der Waals surface area (Å²) < 4.78 is 30.9. The molecule has 0 bridgehead atoms. The Hall–Kier alpha value is -1.86. The van der Waals surface area contributed by atoms with Crippen LogP contribution in [0.25, 0.3) is 22.5 Å². The normalized spacial score (nSPS) is 20.0. The number of hydrogen-bond acceptors (Lipinski definition) is 5. The highest BCUT2D eigenvalue weighted by molar-refractivity contribution is 7.91. The van der Waals surface area contributed by atoms with Gasteiger partial charge in [-0.3, -0.25) is 0 Å². The first kappa shape index (κ1) is 15.7. The van der Waals surface area contributed by atoms with Gasteiger partial charge < -0.3 is 4.42 Å². The van der Waals surface area contributed by atoms with E-state index in [1.54, 1.807) is 16.8 Å². The van der Waals surface area contributed by atoms with Gasteiger partial charge >= 0.3 is 0 Å². The van der Waals surface area contributed by atoms with Crippen molar-refractivity contribution in [1.82, 2.24) is 14.8 Å². The highest BCUT2D eigenvalue weighted by Gasteiger charge is 2.31. The van der Waals surface area contributed by atoms with Gasteiger partial charge in [-0.25, -0.2) is 18.1 Å². The molecule has 0 N–H and O–H groups in total. The Balaban J connectivity index is 1.91. The summed E-state index contributed by atoms with van der Waals surface area (Å²) >= 11 is 5.86. The molecule has 0 radical (unpaired) electrons.